The number of rotatable bonds is 56. The molecule has 0 saturated carbocycles. The summed E-state index contributed by atoms with van der Waals surface area (Å²) in [5.41, 5.74) is 0. The third kappa shape index (κ3) is 42.5. The van der Waals surface area contributed by atoms with Crippen molar-refractivity contribution < 1.29 is 44.2 Å². The Hall–Kier alpha value is -0.810. The van der Waals surface area contributed by atoms with Crippen molar-refractivity contribution in [1.82, 2.24) is 0 Å². The summed E-state index contributed by atoms with van der Waals surface area (Å²) in [7, 11) is 0. The van der Waals surface area contributed by atoms with Gasteiger partial charge in [0.15, 0.2) is 6.29 Å². The van der Waals surface area contributed by atoms with Gasteiger partial charge in [0.1, 0.15) is 30.5 Å². The summed E-state index contributed by atoms with van der Waals surface area (Å²) in [4.78, 5) is 12.9. The maximum absolute atomic E-state index is 12.9. The molecule has 0 aromatic heterocycles. The molecule has 0 bridgehead atoms. The molecule has 0 aromatic rings. The van der Waals surface area contributed by atoms with Gasteiger partial charge < -0.3 is 39.4 Å². The van der Waals surface area contributed by atoms with Crippen LogP contribution in [0.3, 0.4) is 0 Å². The molecule has 0 amide bonds. The van der Waals surface area contributed by atoms with Gasteiger partial charge in [0.05, 0.1) is 19.8 Å². The van der Waals surface area contributed by atoms with Crippen LogP contribution in [0.25, 0.3) is 0 Å². The molecule has 0 radical (unpaired) electrons. The lowest BCUT2D eigenvalue weighted by Crippen LogP contribution is -2.59. The van der Waals surface area contributed by atoms with Gasteiger partial charge in [0.25, 0.3) is 0 Å². The Morgan fingerprint density at radius 3 is 1.01 bits per heavy atom. The number of ether oxygens (including phenoxy) is 4. The third-order valence-electron chi connectivity index (χ3n) is 15.0. The van der Waals surface area contributed by atoms with Crippen LogP contribution in [0.1, 0.15) is 322 Å². The van der Waals surface area contributed by atoms with Crippen molar-refractivity contribution in [3.63, 3.8) is 0 Å². The van der Waals surface area contributed by atoms with Gasteiger partial charge in [-0.25, -0.2) is 0 Å². The summed E-state index contributed by atoms with van der Waals surface area (Å²) in [6.45, 7) is 4.66. The Labute approximate surface area is 433 Å². The lowest BCUT2D eigenvalue weighted by molar-refractivity contribution is -0.305. The van der Waals surface area contributed by atoms with Crippen LogP contribution in [0.2, 0.25) is 0 Å². The predicted octanol–water partition coefficient (Wildman–Crippen LogP) is 16.5. The molecule has 1 fully saturated rings. The highest BCUT2D eigenvalue weighted by Gasteiger charge is 2.44. The van der Waals surface area contributed by atoms with Crippen LogP contribution < -0.4 is 0 Å². The second kappa shape index (κ2) is 53.0. The van der Waals surface area contributed by atoms with E-state index in [0.717, 1.165) is 32.1 Å². The number of hydrogen-bond donors (Lipinski definition) is 4. The van der Waals surface area contributed by atoms with Gasteiger partial charge in [-0.15, -0.1) is 0 Å². The van der Waals surface area contributed by atoms with Gasteiger partial charge >= 0.3 is 5.97 Å². The third-order valence-corrected chi connectivity index (χ3v) is 15.0. The summed E-state index contributed by atoms with van der Waals surface area (Å²) >= 11 is 0. The molecule has 0 aliphatic carbocycles. The molecule has 0 spiro atoms. The molecule has 6 unspecified atom stereocenters. The van der Waals surface area contributed by atoms with E-state index in [2.05, 4.69) is 13.8 Å². The molecule has 6 atom stereocenters. The monoisotopic (exact) mass is 997 g/mol. The van der Waals surface area contributed by atoms with Gasteiger partial charge in [-0.05, 0) is 12.8 Å². The fourth-order valence-corrected chi connectivity index (χ4v) is 10.2. The Kier molecular flexibility index (Phi) is 50.9. The smallest absolute Gasteiger partial charge is 0.306 e. The summed E-state index contributed by atoms with van der Waals surface area (Å²) < 4.78 is 23.0. The first-order valence-electron chi connectivity index (χ1n) is 31.1. The quantitative estimate of drug-likeness (QED) is 0.0347. The second-order valence-electron chi connectivity index (χ2n) is 21.9. The first-order chi connectivity index (χ1) is 34.4. The molecule has 1 saturated heterocycles. The summed E-state index contributed by atoms with van der Waals surface area (Å²) in [6, 6.07) is 0. The van der Waals surface area contributed by atoms with Crippen LogP contribution in [0.15, 0.2) is 0 Å². The number of unbranched alkanes of at least 4 members (excludes halogenated alkanes) is 45. The van der Waals surface area contributed by atoms with Crippen molar-refractivity contribution >= 4 is 5.97 Å². The normalized spacial score (nSPS) is 18.7. The molecular weight excluding hydrogens is 877 g/mol. The van der Waals surface area contributed by atoms with E-state index < -0.39 is 43.4 Å². The Balaban J connectivity index is 2.09. The van der Waals surface area contributed by atoms with Crippen LogP contribution in [0, 0.1) is 0 Å². The van der Waals surface area contributed by atoms with Crippen LogP contribution in [0.5, 0.6) is 0 Å². The van der Waals surface area contributed by atoms with E-state index in [-0.39, 0.29) is 19.2 Å². The number of carbonyl (C=O) groups excluding carboxylic acids is 1. The van der Waals surface area contributed by atoms with E-state index in [1.165, 1.54) is 270 Å². The highest BCUT2D eigenvalue weighted by atomic mass is 16.7. The predicted molar refractivity (Wildman–Crippen MR) is 293 cm³/mol. The molecular formula is C61H120O9. The van der Waals surface area contributed by atoms with Crippen molar-refractivity contribution in [2.45, 2.75) is 359 Å². The highest BCUT2D eigenvalue weighted by molar-refractivity contribution is 5.69. The minimum absolute atomic E-state index is 0.104. The van der Waals surface area contributed by atoms with Crippen molar-refractivity contribution in [1.29, 1.82) is 0 Å². The Bertz CT molecular complexity index is 1040. The molecule has 70 heavy (non-hydrogen) atoms. The average molecular weight is 998 g/mol. The largest absolute Gasteiger partial charge is 0.457 e. The fraction of sp³-hybridized carbons (Fsp3) is 0.984. The lowest BCUT2D eigenvalue weighted by Gasteiger charge is -2.39. The minimum atomic E-state index is -1.53. The molecule has 418 valence electrons. The van der Waals surface area contributed by atoms with Crippen LogP contribution in [-0.2, 0) is 23.7 Å². The molecule has 1 rings (SSSR count). The van der Waals surface area contributed by atoms with Crippen LogP contribution in [0.4, 0.5) is 0 Å². The second-order valence-corrected chi connectivity index (χ2v) is 21.9. The van der Waals surface area contributed by atoms with Gasteiger partial charge in [-0.3, -0.25) is 4.79 Å². The van der Waals surface area contributed by atoms with Crippen LogP contribution >= 0.6 is 0 Å². The molecule has 9 nitrogen and oxygen atoms in total. The maximum Gasteiger partial charge on any atom is 0.306 e. The van der Waals surface area contributed by atoms with Gasteiger partial charge in [-0.1, -0.05) is 303 Å². The highest BCUT2D eigenvalue weighted by Crippen LogP contribution is 2.23. The van der Waals surface area contributed by atoms with E-state index in [4.69, 9.17) is 18.9 Å². The maximum atomic E-state index is 12.9. The molecule has 0 aromatic carbocycles. The molecule has 1 heterocycles. The van der Waals surface area contributed by atoms with Crippen molar-refractivity contribution in [3.8, 4) is 0 Å². The van der Waals surface area contributed by atoms with E-state index in [1.807, 2.05) is 0 Å². The van der Waals surface area contributed by atoms with Gasteiger partial charge in [0.2, 0.25) is 0 Å². The molecule has 1 aliphatic heterocycles. The summed E-state index contributed by atoms with van der Waals surface area (Å²) in [5, 5.41) is 40.4. The number of esters is 1. The zero-order valence-corrected chi connectivity index (χ0v) is 46.6. The lowest BCUT2D eigenvalue weighted by atomic mass is 9.99. The summed E-state index contributed by atoms with van der Waals surface area (Å²) in [5.74, 6) is -0.301. The van der Waals surface area contributed by atoms with Gasteiger partial charge in [0, 0.05) is 13.0 Å². The average Bonchev–Trinajstić information content (AvgIpc) is 3.36. The fourth-order valence-electron chi connectivity index (χ4n) is 10.2. The van der Waals surface area contributed by atoms with E-state index in [0.29, 0.717) is 13.0 Å². The van der Waals surface area contributed by atoms with Gasteiger partial charge in [-0.2, -0.15) is 0 Å². The number of hydrogen-bond acceptors (Lipinski definition) is 9. The standard InChI is InChI=1S/C61H120O9/c1-3-5-7-9-11-13-15-17-19-21-23-25-27-28-29-30-32-34-36-38-40-42-44-46-48-50-57(63)69-55(54-68-61-60(66)59(65)58(64)56(52-62)70-61)53-67-51-49-47-45-43-41-39-37-35-33-31-26-24-22-20-18-16-14-12-10-8-6-4-2/h55-56,58-62,64-66H,3-54H2,1-2H3. The Morgan fingerprint density at radius 2 is 0.700 bits per heavy atom. The summed E-state index contributed by atoms with van der Waals surface area (Å²) in [6.07, 6.45) is 56.0. The number of aliphatic hydroxyl groups is 4. The zero-order chi connectivity index (χ0) is 50.6. The molecule has 9 heteroatoms. The first-order valence-corrected chi connectivity index (χ1v) is 31.1. The number of carbonyl (C=O) groups is 1. The molecule has 1 aliphatic rings. The van der Waals surface area contributed by atoms with E-state index >= 15 is 0 Å². The first kappa shape index (κ1) is 67.2. The van der Waals surface area contributed by atoms with Crippen LogP contribution in [-0.4, -0.2) is 89.6 Å². The van der Waals surface area contributed by atoms with Crippen molar-refractivity contribution in [2.75, 3.05) is 26.4 Å². The topological polar surface area (TPSA) is 135 Å². The SMILES string of the molecule is CCCCCCCCCCCCCCCCCCCCCCCCCCCC(=O)OC(COCCCCCCCCCCCCCCCCCCCCCCCC)COC1OC(CO)C(O)C(O)C1O. The molecule has 4 N–H and O–H groups in total. The van der Waals surface area contributed by atoms with Crippen molar-refractivity contribution in [2.24, 2.45) is 0 Å². The zero-order valence-electron chi connectivity index (χ0n) is 46.6. The van der Waals surface area contributed by atoms with E-state index in [1.54, 1.807) is 0 Å². The van der Waals surface area contributed by atoms with E-state index in [9.17, 15) is 25.2 Å². The van der Waals surface area contributed by atoms with Crippen molar-refractivity contribution in [3.05, 3.63) is 0 Å². The Morgan fingerprint density at radius 1 is 0.400 bits per heavy atom. The minimum Gasteiger partial charge on any atom is -0.457 e. The number of aliphatic hydroxyl groups excluding tert-OH is 4.